The molecule has 1 aliphatic heterocycles. The fourth-order valence-corrected chi connectivity index (χ4v) is 3.02. The van der Waals surface area contributed by atoms with Crippen LogP contribution in [0.15, 0.2) is 24.3 Å². The van der Waals surface area contributed by atoms with E-state index < -0.39 is 0 Å². The molecule has 2 unspecified atom stereocenters. The van der Waals surface area contributed by atoms with Gasteiger partial charge >= 0.3 is 0 Å². The van der Waals surface area contributed by atoms with Gasteiger partial charge in [-0.1, -0.05) is 18.2 Å². The summed E-state index contributed by atoms with van der Waals surface area (Å²) in [5.41, 5.74) is 1.26. The summed E-state index contributed by atoms with van der Waals surface area (Å²) in [6.07, 6.45) is 2.67. The van der Waals surface area contributed by atoms with Crippen molar-refractivity contribution in [1.29, 1.82) is 0 Å². The molecule has 0 aromatic heterocycles. The lowest BCUT2D eigenvalue weighted by atomic mass is 9.97. The van der Waals surface area contributed by atoms with Crippen LogP contribution >= 0.6 is 0 Å². The standard InChI is InChI=1S/C17H28N2O/c1-4-20-17-10-6-5-9-16(17)14(2)18-12-15-8-7-11-19(3)13-15/h5-6,9-10,14-15,18H,4,7-8,11-13H2,1-3H3. The Labute approximate surface area is 123 Å². The van der Waals surface area contributed by atoms with Gasteiger partial charge in [-0.3, -0.25) is 0 Å². The molecule has 2 atom stereocenters. The van der Waals surface area contributed by atoms with Crippen LogP contribution in [0.25, 0.3) is 0 Å². The summed E-state index contributed by atoms with van der Waals surface area (Å²) in [4.78, 5) is 2.44. The summed E-state index contributed by atoms with van der Waals surface area (Å²) in [7, 11) is 2.22. The minimum absolute atomic E-state index is 0.338. The molecule has 3 nitrogen and oxygen atoms in total. The second-order valence-corrected chi connectivity index (χ2v) is 5.87. The Kier molecular flexibility index (Phi) is 5.86. The predicted octanol–water partition coefficient (Wildman–Crippen LogP) is 3.08. The average Bonchev–Trinajstić information content (AvgIpc) is 2.46. The lowest BCUT2D eigenvalue weighted by Crippen LogP contribution is -2.38. The molecule has 1 fully saturated rings. The fourth-order valence-electron chi connectivity index (χ4n) is 3.02. The van der Waals surface area contributed by atoms with Crippen molar-refractivity contribution in [2.75, 3.05) is 33.3 Å². The van der Waals surface area contributed by atoms with E-state index in [1.807, 2.05) is 13.0 Å². The monoisotopic (exact) mass is 276 g/mol. The van der Waals surface area contributed by atoms with Gasteiger partial charge < -0.3 is 15.0 Å². The number of ether oxygens (including phenoxy) is 1. The van der Waals surface area contributed by atoms with Crippen LogP contribution in [-0.4, -0.2) is 38.2 Å². The summed E-state index contributed by atoms with van der Waals surface area (Å²) in [5.74, 6) is 1.78. The molecule has 1 heterocycles. The third-order valence-electron chi connectivity index (χ3n) is 4.12. The molecule has 3 heteroatoms. The largest absolute Gasteiger partial charge is 0.494 e. The lowest BCUT2D eigenvalue weighted by Gasteiger charge is -2.31. The minimum Gasteiger partial charge on any atom is -0.494 e. The lowest BCUT2D eigenvalue weighted by molar-refractivity contribution is 0.203. The Morgan fingerprint density at radius 1 is 1.40 bits per heavy atom. The first-order valence-corrected chi connectivity index (χ1v) is 7.84. The second kappa shape index (κ2) is 7.65. The van der Waals surface area contributed by atoms with Crippen LogP contribution in [0.1, 0.15) is 38.3 Å². The van der Waals surface area contributed by atoms with Gasteiger partial charge in [0.2, 0.25) is 0 Å². The molecule has 0 saturated carbocycles. The molecule has 112 valence electrons. The first-order chi connectivity index (χ1) is 9.70. The zero-order valence-electron chi connectivity index (χ0n) is 13.1. The number of likely N-dealkylation sites (tertiary alicyclic amines) is 1. The van der Waals surface area contributed by atoms with Gasteiger partial charge in [0.25, 0.3) is 0 Å². The average molecular weight is 276 g/mol. The van der Waals surface area contributed by atoms with Crippen molar-refractivity contribution in [3.8, 4) is 5.75 Å². The molecule has 0 bridgehead atoms. The van der Waals surface area contributed by atoms with Crippen LogP contribution in [0.3, 0.4) is 0 Å². The van der Waals surface area contributed by atoms with Crippen LogP contribution in [0, 0.1) is 5.92 Å². The van der Waals surface area contributed by atoms with Crippen LogP contribution in [0.4, 0.5) is 0 Å². The molecule has 0 spiro atoms. The van der Waals surface area contributed by atoms with E-state index in [4.69, 9.17) is 4.74 Å². The van der Waals surface area contributed by atoms with Crippen molar-refractivity contribution in [1.82, 2.24) is 10.2 Å². The zero-order valence-corrected chi connectivity index (χ0v) is 13.1. The van der Waals surface area contributed by atoms with E-state index in [1.54, 1.807) is 0 Å². The predicted molar refractivity (Wildman–Crippen MR) is 84.2 cm³/mol. The van der Waals surface area contributed by atoms with Crippen LogP contribution < -0.4 is 10.1 Å². The van der Waals surface area contributed by atoms with Gasteiger partial charge in [-0.05, 0) is 58.8 Å². The summed E-state index contributed by atoms with van der Waals surface area (Å²) >= 11 is 0. The third kappa shape index (κ3) is 4.22. The van der Waals surface area contributed by atoms with Crippen molar-refractivity contribution in [2.24, 2.45) is 5.92 Å². The highest BCUT2D eigenvalue weighted by molar-refractivity contribution is 5.35. The summed E-state index contributed by atoms with van der Waals surface area (Å²) in [6.45, 7) is 8.53. The van der Waals surface area contributed by atoms with Gasteiger partial charge in [0.15, 0.2) is 0 Å². The Balaban J connectivity index is 1.89. The molecule has 1 N–H and O–H groups in total. The fraction of sp³-hybridized carbons (Fsp3) is 0.647. The Bertz CT molecular complexity index is 408. The van der Waals surface area contributed by atoms with Gasteiger partial charge in [-0.25, -0.2) is 0 Å². The van der Waals surface area contributed by atoms with Crippen molar-refractivity contribution in [2.45, 2.75) is 32.7 Å². The van der Waals surface area contributed by atoms with Crippen LogP contribution in [-0.2, 0) is 0 Å². The molecule has 20 heavy (non-hydrogen) atoms. The van der Waals surface area contributed by atoms with Gasteiger partial charge in [0, 0.05) is 18.2 Å². The maximum atomic E-state index is 5.72. The number of piperidine rings is 1. The number of para-hydroxylation sites is 1. The number of benzene rings is 1. The first kappa shape index (κ1) is 15.3. The van der Waals surface area contributed by atoms with E-state index >= 15 is 0 Å². The van der Waals surface area contributed by atoms with Gasteiger partial charge in [0.1, 0.15) is 5.75 Å². The molecule has 1 aromatic rings. The molecule has 0 radical (unpaired) electrons. The Hall–Kier alpha value is -1.06. The maximum absolute atomic E-state index is 5.72. The summed E-state index contributed by atoms with van der Waals surface area (Å²) in [6, 6.07) is 8.69. The first-order valence-electron chi connectivity index (χ1n) is 7.84. The number of hydrogen-bond acceptors (Lipinski definition) is 3. The van der Waals surface area contributed by atoms with Crippen LogP contribution in [0.5, 0.6) is 5.75 Å². The van der Waals surface area contributed by atoms with E-state index in [9.17, 15) is 0 Å². The molecular formula is C17H28N2O. The smallest absolute Gasteiger partial charge is 0.124 e. The second-order valence-electron chi connectivity index (χ2n) is 5.87. The molecule has 2 rings (SSSR count). The van der Waals surface area contributed by atoms with Gasteiger partial charge in [-0.15, -0.1) is 0 Å². The number of rotatable bonds is 6. The Morgan fingerprint density at radius 3 is 2.95 bits per heavy atom. The van der Waals surface area contributed by atoms with E-state index in [-0.39, 0.29) is 0 Å². The zero-order chi connectivity index (χ0) is 14.4. The van der Waals surface area contributed by atoms with E-state index in [0.29, 0.717) is 6.04 Å². The van der Waals surface area contributed by atoms with Gasteiger partial charge in [0.05, 0.1) is 6.61 Å². The van der Waals surface area contributed by atoms with Gasteiger partial charge in [-0.2, -0.15) is 0 Å². The molecule has 1 saturated heterocycles. The van der Waals surface area contributed by atoms with E-state index in [1.165, 1.54) is 31.5 Å². The molecule has 1 aliphatic rings. The maximum Gasteiger partial charge on any atom is 0.124 e. The number of nitrogens with zero attached hydrogens (tertiary/aromatic N) is 1. The normalized spacial score (nSPS) is 21.6. The summed E-state index contributed by atoms with van der Waals surface area (Å²) < 4.78 is 5.72. The van der Waals surface area contributed by atoms with Crippen LogP contribution in [0.2, 0.25) is 0 Å². The minimum atomic E-state index is 0.338. The van der Waals surface area contributed by atoms with Crippen molar-refractivity contribution < 1.29 is 4.74 Å². The van der Waals surface area contributed by atoms with Crippen molar-refractivity contribution in [3.05, 3.63) is 29.8 Å². The highest BCUT2D eigenvalue weighted by atomic mass is 16.5. The molecule has 0 amide bonds. The molecular weight excluding hydrogens is 248 g/mol. The summed E-state index contributed by atoms with van der Waals surface area (Å²) in [5, 5.41) is 3.68. The topological polar surface area (TPSA) is 24.5 Å². The highest BCUT2D eigenvalue weighted by Gasteiger charge is 2.18. The molecule has 1 aromatic carbocycles. The van der Waals surface area contributed by atoms with E-state index in [0.717, 1.165) is 24.8 Å². The number of nitrogens with one attached hydrogen (secondary N) is 1. The van der Waals surface area contributed by atoms with E-state index in [2.05, 4.69) is 42.4 Å². The van der Waals surface area contributed by atoms with Crippen molar-refractivity contribution in [3.63, 3.8) is 0 Å². The highest BCUT2D eigenvalue weighted by Crippen LogP contribution is 2.25. The van der Waals surface area contributed by atoms with Crippen molar-refractivity contribution >= 4 is 0 Å². The third-order valence-corrected chi connectivity index (χ3v) is 4.12. The quantitative estimate of drug-likeness (QED) is 0.864. The molecule has 0 aliphatic carbocycles. The SMILES string of the molecule is CCOc1ccccc1C(C)NCC1CCCN(C)C1. The number of hydrogen-bond donors (Lipinski definition) is 1. The Morgan fingerprint density at radius 2 is 2.20 bits per heavy atom.